The maximum atomic E-state index is 13.4. The van der Waals surface area contributed by atoms with Gasteiger partial charge in [0.2, 0.25) is 11.8 Å². The van der Waals surface area contributed by atoms with Crippen LogP contribution < -0.4 is 16.3 Å². The van der Waals surface area contributed by atoms with E-state index in [-0.39, 0.29) is 24.4 Å². The Morgan fingerprint density at radius 1 is 1.12 bits per heavy atom. The number of hydrogen-bond acceptors (Lipinski definition) is 5. The van der Waals surface area contributed by atoms with Gasteiger partial charge in [0.25, 0.3) is 0 Å². The largest absolute Gasteiger partial charge is 0.480 e. The van der Waals surface area contributed by atoms with Crippen LogP contribution in [0.25, 0.3) is 11.4 Å². The number of benzene rings is 2. The van der Waals surface area contributed by atoms with Gasteiger partial charge >= 0.3 is 17.8 Å². The summed E-state index contributed by atoms with van der Waals surface area (Å²) in [5.74, 6) is -2.83. The summed E-state index contributed by atoms with van der Waals surface area (Å²) < 4.78 is 42.6. The fourth-order valence-electron chi connectivity index (χ4n) is 4.75. The van der Waals surface area contributed by atoms with Crippen molar-refractivity contribution in [1.29, 1.82) is 0 Å². The first-order valence-electron chi connectivity index (χ1n) is 12.9. The molecule has 5 rings (SSSR count). The zero-order chi connectivity index (χ0) is 29.5. The molecule has 216 valence electrons. The summed E-state index contributed by atoms with van der Waals surface area (Å²) in [7, 11) is 0. The Kier molecular flexibility index (Phi) is 7.41. The molecule has 1 atom stereocenters. The normalized spacial score (nSPS) is 16.9. The number of rotatable bonds is 9. The third kappa shape index (κ3) is 5.85. The third-order valence-corrected chi connectivity index (χ3v) is 7.52. The van der Waals surface area contributed by atoms with Gasteiger partial charge in [-0.1, -0.05) is 23.7 Å². The zero-order valence-electron chi connectivity index (χ0n) is 21.4. The van der Waals surface area contributed by atoms with Gasteiger partial charge in [0.15, 0.2) is 5.82 Å². The first kappa shape index (κ1) is 28.4. The lowest BCUT2D eigenvalue weighted by atomic mass is 9.76. The van der Waals surface area contributed by atoms with Crippen LogP contribution in [0.2, 0.25) is 5.02 Å². The fraction of sp³-hybridized carbons (Fsp3) is 0.370. The number of amides is 2. The van der Waals surface area contributed by atoms with Crippen LogP contribution in [0.1, 0.15) is 55.3 Å². The predicted octanol–water partition coefficient (Wildman–Crippen LogP) is 3.70. The third-order valence-electron chi connectivity index (χ3n) is 7.27. The van der Waals surface area contributed by atoms with E-state index in [0.29, 0.717) is 28.9 Å². The van der Waals surface area contributed by atoms with Gasteiger partial charge in [-0.05, 0) is 74.1 Å². The van der Waals surface area contributed by atoms with Crippen LogP contribution in [0.15, 0.2) is 53.3 Å². The summed E-state index contributed by atoms with van der Waals surface area (Å²) in [5.41, 5.74) is -2.80. The molecular formula is C27H25ClF3N5O5. The minimum absolute atomic E-state index is 0.0942. The number of aliphatic carboxylic acids is 1. The van der Waals surface area contributed by atoms with Crippen LogP contribution >= 0.6 is 11.6 Å². The maximum absolute atomic E-state index is 13.4. The Morgan fingerprint density at radius 2 is 1.80 bits per heavy atom. The summed E-state index contributed by atoms with van der Waals surface area (Å²) in [5, 5.41) is 19.2. The molecule has 1 aromatic heterocycles. The van der Waals surface area contributed by atoms with E-state index in [1.165, 1.54) is 10.6 Å². The molecular weight excluding hydrogens is 567 g/mol. The van der Waals surface area contributed by atoms with Crippen molar-refractivity contribution in [3.8, 4) is 11.4 Å². The molecule has 0 radical (unpaired) electrons. The molecule has 2 aliphatic carbocycles. The van der Waals surface area contributed by atoms with Crippen molar-refractivity contribution < 1.29 is 32.7 Å². The number of nitrogens with one attached hydrogen (secondary N) is 2. The highest BCUT2D eigenvalue weighted by Gasteiger charge is 2.47. The maximum Gasteiger partial charge on any atom is 0.416 e. The number of alkyl halides is 3. The molecule has 2 fully saturated rings. The number of hydrogen-bond donors (Lipinski definition) is 3. The topological polar surface area (TPSA) is 135 Å². The molecule has 0 bridgehead atoms. The fourth-order valence-corrected chi connectivity index (χ4v) is 4.87. The van der Waals surface area contributed by atoms with Crippen molar-refractivity contribution >= 4 is 29.4 Å². The van der Waals surface area contributed by atoms with Gasteiger partial charge in [-0.3, -0.25) is 14.2 Å². The lowest BCUT2D eigenvalue weighted by Crippen LogP contribution is -2.61. The summed E-state index contributed by atoms with van der Waals surface area (Å²) in [6, 6.07) is 8.70. The van der Waals surface area contributed by atoms with Crippen molar-refractivity contribution in [2.24, 2.45) is 0 Å². The lowest BCUT2D eigenvalue weighted by Gasteiger charge is -2.39. The van der Waals surface area contributed by atoms with E-state index in [1.807, 2.05) is 0 Å². The van der Waals surface area contributed by atoms with E-state index in [2.05, 4.69) is 15.7 Å². The van der Waals surface area contributed by atoms with Crippen LogP contribution in [0, 0.1) is 0 Å². The van der Waals surface area contributed by atoms with Crippen molar-refractivity contribution in [3.05, 3.63) is 75.2 Å². The summed E-state index contributed by atoms with van der Waals surface area (Å²) >= 11 is 5.97. The van der Waals surface area contributed by atoms with Crippen LogP contribution in [-0.2, 0) is 27.1 Å². The molecule has 1 unspecified atom stereocenters. The van der Waals surface area contributed by atoms with Gasteiger partial charge in [-0.15, -0.1) is 5.10 Å². The second-order valence-corrected chi connectivity index (χ2v) is 10.7. The van der Waals surface area contributed by atoms with Crippen LogP contribution in [0.4, 0.5) is 13.2 Å². The van der Waals surface area contributed by atoms with Crippen molar-refractivity contribution in [2.75, 3.05) is 0 Å². The molecule has 0 aliphatic heterocycles. The molecule has 2 aliphatic rings. The molecule has 14 heteroatoms. The van der Waals surface area contributed by atoms with Crippen molar-refractivity contribution in [1.82, 2.24) is 25.0 Å². The van der Waals surface area contributed by atoms with Gasteiger partial charge in [0.1, 0.15) is 18.1 Å². The molecule has 0 saturated heterocycles. The van der Waals surface area contributed by atoms with Crippen LogP contribution in [-0.4, -0.2) is 42.8 Å². The van der Waals surface area contributed by atoms with E-state index >= 15 is 0 Å². The van der Waals surface area contributed by atoms with Gasteiger partial charge in [0, 0.05) is 16.6 Å². The Labute approximate surface area is 236 Å². The first-order valence-corrected chi connectivity index (χ1v) is 13.2. The van der Waals surface area contributed by atoms with Gasteiger partial charge in [0.05, 0.1) is 5.56 Å². The van der Waals surface area contributed by atoms with E-state index in [0.717, 1.165) is 29.7 Å². The molecule has 2 aromatic carbocycles. The monoisotopic (exact) mass is 591 g/mol. The van der Waals surface area contributed by atoms with Crippen LogP contribution in [0.3, 0.4) is 0 Å². The molecule has 10 nitrogen and oxygen atoms in total. The second kappa shape index (κ2) is 10.7. The Hall–Kier alpha value is -4.13. The van der Waals surface area contributed by atoms with E-state index in [4.69, 9.17) is 11.6 Å². The zero-order valence-corrected chi connectivity index (χ0v) is 22.2. The minimum atomic E-state index is -4.72. The second-order valence-electron chi connectivity index (χ2n) is 10.2. The van der Waals surface area contributed by atoms with Gasteiger partial charge in [-0.2, -0.15) is 13.2 Å². The Balaban J connectivity index is 1.43. The smallest absolute Gasteiger partial charge is 0.416 e. The highest BCUT2D eigenvalue weighted by Crippen LogP contribution is 2.37. The number of carboxylic acid groups (broad SMARTS) is 1. The predicted molar refractivity (Wildman–Crippen MR) is 140 cm³/mol. The lowest BCUT2D eigenvalue weighted by molar-refractivity contribution is -0.152. The molecule has 2 amide bonds. The highest BCUT2D eigenvalue weighted by atomic mass is 35.5. The number of aromatic nitrogens is 3. The molecule has 3 aromatic rings. The average molecular weight is 592 g/mol. The average Bonchev–Trinajstić information content (AvgIpc) is 3.68. The quantitative estimate of drug-likeness (QED) is 0.347. The standard InChI is InChI=1S/C27H25ClF3N5O5/c28-18-7-5-15(6-8-18)22-34-35(25(41)36(22)19-9-10-19)14-20(37)32-21(16-3-1-4-17(13-16)27(29,30)31)23(38)33-26(24(39)40)11-2-12-26/h1,3-8,13,19,21H,2,9-12,14H2,(H,32,37)(H,33,38)(H,39,40). The number of carboxylic acids is 1. The van der Waals surface area contributed by atoms with Gasteiger partial charge < -0.3 is 15.7 Å². The van der Waals surface area contributed by atoms with E-state index in [1.54, 1.807) is 24.3 Å². The summed E-state index contributed by atoms with van der Waals surface area (Å²) in [6.45, 7) is -0.633. The molecule has 2 saturated carbocycles. The summed E-state index contributed by atoms with van der Waals surface area (Å²) in [4.78, 5) is 51.4. The number of carbonyl (C=O) groups is 3. The first-order chi connectivity index (χ1) is 19.4. The Bertz CT molecular complexity index is 1560. The minimum Gasteiger partial charge on any atom is -0.480 e. The molecule has 41 heavy (non-hydrogen) atoms. The Morgan fingerprint density at radius 3 is 2.37 bits per heavy atom. The number of nitrogens with zero attached hydrogens (tertiary/aromatic N) is 3. The molecule has 0 spiro atoms. The van der Waals surface area contributed by atoms with Crippen molar-refractivity contribution in [3.63, 3.8) is 0 Å². The molecule has 1 heterocycles. The molecule has 3 N–H and O–H groups in total. The van der Waals surface area contributed by atoms with Gasteiger partial charge in [-0.25, -0.2) is 14.3 Å². The SMILES string of the molecule is O=C(Cn1nc(-c2ccc(Cl)cc2)n(C2CC2)c1=O)NC(C(=O)NC1(C(=O)O)CCC1)c1cccc(C(F)(F)F)c1. The highest BCUT2D eigenvalue weighted by molar-refractivity contribution is 6.30. The van der Waals surface area contributed by atoms with Crippen LogP contribution in [0.5, 0.6) is 0 Å². The van der Waals surface area contributed by atoms with Crippen molar-refractivity contribution in [2.45, 2.75) is 62.4 Å². The number of carbonyl (C=O) groups excluding carboxylic acids is 2. The van der Waals surface area contributed by atoms with E-state index < -0.39 is 53.3 Å². The number of halogens is 4. The summed E-state index contributed by atoms with van der Waals surface area (Å²) in [6.07, 6.45) is -2.41. The van der Waals surface area contributed by atoms with E-state index in [9.17, 15) is 37.5 Å².